The van der Waals surface area contributed by atoms with Crippen LogP contribution in [0.3, 0.4) is 0 Å². The first-order valence-corrected chi connectivity index (χ1v) is 8.63. The minimum absolute atomic E-state index is 0.0737. The summed E-state index contributed by atoms with van der Waals surface area (Å²) in [5.41, 5.74) is 0.998. The van der Waals surface area contributed by atoms with Crippen LogP contribution in [0, 0.1) is 0 Å². The second-order valence-electron chi connectivity index (χ2n) is 6.81. The fraction of sp³-hybridized carbons (Fsp3) is 0.500. The van der Waals surface area contributed by atoms with Gasteiger partial charge in [-0.1, -0.05) is 19.0 Å². The van der Waals surface area contributed by atoms with Gasteiger partial charge >= 0.3 is 0 Å². The minimum atomic E-state index is -0.108. The van der Waals surface area contributed by atoms with Crippen LogP contribution in [0.4, 0.5) is 0 Å². The molecule has 1 N–H and O–H groups in total. The zero-order valence-corrected chi connectivity index (χ0v) is 14.9. The maximum Gasteiger partial charge on any atom is 0.276 e. The van der Waals surface area contributed by atoms with Crippen molar-refractivity contribution in [2.45, 2.75) is 38.6 Å². The maximum absolute atomic E-state index is 12.5. The number of rotatable bonds is 4. The molecule has 1 fully saturated rings. The highest BCUT2D eigenvalue weighted by Crippen LogP contribution is 2.18. The summed E-state index contributed by atoms with van der Waals surface area (Å²) in [7, 11) is 1.85. The van der Waals surface area contributed by atoms with Gasteiger partial charge in [0.05, 0.1) is 0 Å². The van der Waals surface area contributed by atoms with E-state index in [9.17, 15) is 9.59 Å². The van der Waals surface area contributed by atoms with Crippen LogP contribution in [0.5, 0.6) is 0 Å². The third-order valence-electron chi connectivity index (χ3n) is 4.61. The Morgan fingerprint density at radius 1 is 1.32 bits per heavy atom. The summed E-state index contributed by atoms with van der Waals surface area (Å²) in [6, 6.07) is 5.44. The zero-order chi connectivity index (χ0) is 18.0. The molecule has 2 amide bonds. The topological polar surface area (TPSA) is 80.4 Å². The first-order valence-electron chi connectivity index (χ1n) is 8.63. The third kappa shape index (κ3) is 3.75. The lowest BCUT2D eigenvalue weighted by atomic mass is 10.0. The molecule has 7 heteroatoms. The molecule has 0 unspecified atom stereocenters. The number of carbonyl (C=O) groups is 2. The largest absolute Gasteiger partial charge is 0.360 e. The number of nitrogens with zero attached hydrogens (tertiary/aromatic N) is 3. The molecule has 0 radical (unpaired) electrons. The van der Waals surface area contributed by atoms with Crippen LogP contribution >= 0.6 is 0 Å². The second kappa shape index (κ2) is 7.13. The number of amides is 2. The lowest BCUT2D eigenvalue weighted by Crippen LogP contribution is -2.46. The number of piperidine rings is 1. The van der Waals surface area contributed by atoms with E-state index in [1.54, 1.807) is 21.6 Å². The zero-order valence-electron chi connectivity index (χ0n) is 14.9. The monoisotopic (exact) mass is 344 g/mol. The molecule has 0 spiro atoms. The van der Waals surface area contributed by atoms with Gasteiger partial charge in [0.15, 0.2) is 5.69 Å². The maximum atomic E-state index is 12.5. The molecule has 0 aliphatic carbocycles. The van der Waals surface area contributed by atoms with Crippen molar-refractivity contribution in [3.8, 4) is 0 Å². The Bertz CT molecular complexity index is 754. The molecular formula is C18H24N4O3. The van der Waals surface area contributed by atoms with Gasteiger partial charge in [0.25, 0.3) is 11.8 Å². The molecule has 0 bridgehead atoms. The van der Waals surface area contributed by atoms with E-state index in [1.165, 1.54) is 0 Å². The van der Waals surface area contributed by atoms with E-state index in [0.717, 1.165) is 12.8 Å². The van der Waals surface area contributed by atoms with E-state index in [2.05, 4.69) is 10.5 Å². The minimum Gasteiger partial charge on any atom is -0.360 e. The Labute approximate surface area is 147 Å². The molecule has 0 aromatic carbocycles. The van der Waals surface area contributed by atoms with Gasteiger partial charge in [-0.05, 0) is 25.0 Å². The van der Waals surface area contributed by atoms with Crippen molar-refractivity contribution < 1.29 is 14.1 Å². The van der Waals surface area contributed by atoms with Gasteiger partial charge in [0.1, 0.15) is 11.5 Å². The van der Waals surface area contributed by atoms with Crippen molar-refractivity contribution >= 4 is 11.8 Å². The summed E-state index contributed by atoms with van der Waals surface area (Å²) >= 11 is 0. The second-order valence-corrected chi connectivity index (χ2v) is 6.81. The van der Waals surface area contributed by atoms with Gasteiger partial charge < -0.3 is 19.3 Å². The first-order chi connectivity index (χ1) is 12.0. The Hall–Kier alpha value is -2.57. The Morgan fingerprint density at radius 3 is 2.60 bits per heavy atom. The number of hydrogen-bond donors (Lipinski definition) is 1. The molecular weight excluding hydrogens is 320 g/mol. The van der Waals surface area contributed by atoms with E-state index in [4.69, 9.17) is 4.52 Å². The van der Waals surface area contributed by atoms with Crippen molar-refractivity contribution in [3.63, 3.8) is 0 Å². The normalized spacial score (nSPS) is 15.6. The van der Waals surface area contributed by atoms with E-state index in [1.807, 2.05) is 33.2 Å². The van der Waals surface area contributed by atoms with Crippen LogP contribution in [-0.2, 0) is 7.05 Å². The molecule has 3 rings (SSSR count). The fourth-order valence-electron chi connectivity index (χ4n) is 3.01. The van der Waals surface area contributed by atoms with Crippen LogP contribution in [0.2, 0.25) is 0 Å². The first kappa shape index (κ1) is 17.3. The van der Waals surface area contributed by atoms with Gasteiger partial charge in [-0.3, -0.25) is 9.59 Å². The average molecular weight is 344 g/mol. The molecule has 25 heavy (non-hydrogen) atoms. The van der Waals surface area contributed by atoms with Crippen molar-refractivity contribution in [1.82, 2.24) is 19.9 Å². The molecule has 1 saturated heterocycles. The molecule has 134 valence electrons. The summed E-state index contributed by atoms with van der Waals surface area (Å²) in [5, 5.41) is 6.93. The highest BCUT2D eigenvalue weighted by molar-refractivity contribution is 5.93. The number of carbonyl (C=O) groups excluding carboxylic acids is 2. The molecule has 0 saturated carbocycles. The van der Waals surface area contributed by atoms with E-state index < -0.39 is 0 Å². The number of hydrogen-bond acceptors (Lipinski definition) is 4. The van der Waals surface area contributed by atoms with E-state index in [-0.39, 0.29) is 23.8 Å². The molecule has 0 atom stereocenters. The van der Waals surface area contributed by atoms with Gasteiger partial charge in [-0.2, -0.15) is 0 Å². The highest BCUT2D eigenvalue weighted by Gasteiger charge is 2.27. The molecule has 1 aliphatic rings. The van der Waals surface area contributed by atoms with E-state index >= 15 is 0 Å². The van der Waals surface area contributed by atoms with Gasteiger partial charge in [0.2, 0.25) is 0 Å². The Balaban J connectivity index is 1.53. The number of aryl methyl sites for hydroxylation is 1. The van der Waals surface area contributed by atoms with Crippen molar-refractivity contribution in [2.24, 2.45) is 7.05 Å². The lowest BCUT2D eigenvalue weighted by molar-refractivity contribution is 0.0687. The average Bonchev–Trinajstić information content (AvgIpc) is 3.24. The fourth-order valence-corrected chi connectivity index (χ4v) is 3.01. The van der Waals surface area contributed by atoms with Crippen LogP contribution in [0.15, 0.2) is 28.9 Å². The van der Waals surface area contributed by atoms with E-state index in [0.29, 0.717) is 30.2 Å². The van der Waals surface area contributed by atoms with Crippen LogP contribution < -0.4 is 5.32 Å². The molecule has 2 aromatic heterocycles. The Kier molecular flexibility index (Phi) is 4.92. The van der Waals surface area contributed by atoms with Crippen molar-refractivity contribution in [3.05, 3.63) is 41.5 Å². The molecule has 7 nitrogen and oxygen atoms in total. The SMILES string of the molecule is CC(C)c1cc(C(=O)N2CCC(NC(=O)c3cccn3C)CC2)no1. The summed E-state index contributed by atoms with van der Waals surface area (Å²) in [6.45, 7) is 5.19. The molecule has 3 heterocycles. The van der Waals surface area contributed by atoms with Gasteiger partial charge in [-0.25, -0.2) is 0 Å². The summed E-state index contributed by atoms with van der Waals surface area (Å²) in [6.07, 6.45) is 3.31. The standard InChI is InChI=1S/C18H24N4O3/c1-12(2)16-11-14(20-25-16)18(24)22-9-6-13(7-10-22)19-17(23)15-5-4-8-21(15)3/h4-5,8,11-13H,6-7,9-10H2,1-3H3,(H,19,23). The highest BCUT2D eigenvalue weighted by atomic mass is 16.5. The summed E-state index contributed by atoms with van der Waals surface area (Å²) < 4.78 is 7.00. The summed E-state index contributed by atoms with van der Waals surface area (Å²) in [4.78, 5) is 26.5. The Morgan fingerprint density at radius 2 is 2.04 bits per heavy atom. The number of nitrogens with one attached hydrogen (secondary N) is 1. The van der Waals surface area contributed by atoms with Crippen molar-refractivity contribution in [1.29, 1.82) is 0 Å². The smallest absolute Gasteiger partial charge is 0.276 e. The third-order valence-corrected chi connectivity index (χ3v) is 4.61. The summed E-state index contributed by atoms with van der Waals surface area (Å²) in [5.74, 6) is 0.735. The lowest BCUT2D eigenvalue weighted by Gasteiger charge is -2.31. The van der Waals surface area contributed by atoms with Crippen LogP contribution in [0.1, 0.15) is 59.3 Å². The van der Waals surface area contributed by atoms with Crippen LogP contribution in [-0.4, -0.2) is 45.6 Å². The number of aromatic nitrogens is 2. The van der Waals surface area contributed by atoms with Crippen molar-refractivity contribution in [2.75, 3.05) is 13.1 Å². The van der Waals surface area contributed by atoms with Gasteiger partial charge in [-0.15, -0.1) is 0 Å². The quantitative estimate of drug-likeness (QED) is 0.922. The van der Waals surface area contributed by atoms with Gasteiger partial charge in [0, 0.05) is 44.4 Å². The number of likely N-dealkylation sites (tertiary alicyclic amines) is 1. The predicted octanol–water partition coefficient (Wildman–Crippen LogP) is 2.17. The van der Waals surface area contributed by atoms with Crippen LogP contribution in [0.25, 0.3) is 0 Å². The molecule has 2 aromatic rings. The molecule has 1 aliphatic heterocycles. The predicted molar refractivity (Wildman–Crippen MR) is 92.4 cm³/mol.